The van der Waals surface area contributed by atoms with Crippen LogP contribution in [-0.2, 0) is 0 Å². The molecule has 25 heavy (non-hydrogen) atoms. The van der Waals surface area contributed by atoms with E-state index in [2.05, 4.69) is 19.0 Å². The molecule has 1 unspecified atom stereocenters. The first-order valence-electron chi connectivity index (χ1n) is 8.97. The Morgan fingerprint density at radius 2 is 1.72 bits per heavy atom. The molecule has 2 aromatic carbocycles. The van der Waals surface area contributed by atoms with Crippen molar-refractivity contribution < 1.29 is 10.2 Å². The average Bonchev–Trinajstić information content (AvgIpc) is 2.78. The molecule has 2 N–H and O–H groups in total. The lowest BCUT2D eigenvalue weighted by Gasteiger charge is -2.20. The van der Waals surface area contributed by atoms with Gasteiger partial charge in [-0.15, -0.1) is 0 Å². The second-order valence-corrected chi connectivity index (χ2v) is 7.22. The molecule has 0 amide bonds. The van der Waals surface area contributed by atoms with Gasteiger partial charge in [0.15, 0.2) is 0 Å². The van der Waals surface area contributed by atoms with Gasteiger partial charge >= 0.3 is 0 Å². The highest BCUT2D eigenvalue weighted by Crippen LogP contribution is 2.41. The first-order chi connectivity index (χ1) is 12.0. The van der Waals surface area contributed by atoms with Crippen LogP contribution in [0.15, 0.2) is 54.1 Å². The third-order valence-electron chi connectivity index (χ3n) is 5.01. The van der Waals surface area contributed by atoms with Gasteiger partial charge in [-0.2, -0.15) is 0 Å². The molecule has 3 rings (SSSR count). The lowest BCUT2D eigenvalue weighted by Crippen LogP contribution is -2.16. The van der Waals surface area contributed by atoms with E-state index < -0.39 is 0 Å². The summed E-state index contributed by atoms with van der Waals surface area (Å²) >= 11 is 0. The summed E-state index contributed by atoms with van der Waals surface area (Å²) in [5, 5.41) is 20.0. The maximum Gasteiger partial charge on any atom is 0.123 e. The molecule has 0 saturated heterocycles. The molecular weight excluding hydrogens is 310 g/mol. The van der Waals surface area contributed by atoms with Gasteiger partial charge in [-0.3, -0.25) is 0 Å². The second-order valence-electron chi connectivity index (χ2n) is 7.22. The number of hydrogen-bond acceptors (Lipinski definition) is 3. The second kappa shape index (κ2) is 7.75. The van der Waals surface area contributed by atoms with Gasteiger partial charge in [-0.1, -0.05) is 35.9 Å². The molecule has 1 atom stereocenters. The minimum atomic E-state index is 0.308. The highest BCUT2D eigenvalue weighted by Gasteiger charge is 2.23. The van der Waals surface area contributed by atoms with E-state index >= 15 is 0 Å². The minimum absolute atomic E-state index is 0.308. The molecule has 2 aromatic rings. The van der Waals surface area contributed by atoms with Crippen LogP contribution < -0.4 is 0 Å². The largest absolute Gasteiger partial charge is 0.508 e. The molecule has 0 heterocycles. The van der Waals surface area contributed by atoms with Crippen LogP contribution in [0.5, 0.6) is 11.5 Å². The minimum Gasteiger partial charge on any atom is -0.508 e. The van der Waals surface area contributed by atoms with Crippen LogP contribution in [0.3, 0.4) is 0 Å². The van der Waals surface area contributed by atoms with Gasteiger partial charge in [0.25, 0.3) is 0 Å². The van der Waals surface area contributed by atoms with Crippen LogP contribution in [0.25, 0.3) is 5.57 Å². The van der Waals surface area contributed by atoms with E-state index in [9.17, 15) is 10.2 Å². The zero-order valence-corrected chi connectivity index (χ0v) is 15.1. The average molecular weight is 337 g/mol. The van der Waals surface area contributed by atoms with Gasteiger partial charge in [-0.05, 0) is 75.0 Å². The Kier molecular flexibility index (Phi) is 5.44. The summed E-state index contributed by atoms with van der Waals surface area (Å²) in [4.78, 5) is 2.20. The maximum absolute atomic E-state index is 10.4. The first kappa shape index (κ1) is 17.6. The van der Waals surface area contributed by atoms with Crippen molar-refractivity contribution in [2.45, 2.75) is 31.6 Å². The van der Waals surface area contributed by atoms with Crippen LogP contribution >= 0.6 is 0 Å². The summed E-state index contributed by atoms with van der Waals surface area (Å²) in [6.07, 6.45) is 4.26. The van der Waals surface area contributed by atoms with Gasteiger partial charge in [-0.25, -0.2) is 0 Å². The normalized spacial score (nSPS) is 18.4. The number of allylic oxidation sites excluding steroid dienone is 1. The monoisotopic (exact) mass is 337 g/mol. The molecule has 0 saturated carbocycles. The molecule has 3 heteroatoms. The SMILES string of the molecule is CN(C)CC1=C(c2ccccc2O)CC(c2ccc(O)cc2)CCC1. The predicted molar refractivity (Wildman–Crippen MR) is 103 cm³/mol. The smallest absolute Gasteiger partial charge is 0.123 e. The van der Waals surface area contributed by atoms with Crippen LogP contribution in [0.1, 0.15) is 42.7 Å². The molecule has 1 aliphatic carbocycles. The maximum atomic E-state index is 10.4. The molecule has 3 nitrogen and oxygen atoms in total. The number of aromatic hydroxyl groups is 2. The third-order valence-corrected chi connectivity index (χ3v) is 5.01. The van der Waals surface area contributed by atoms with Crippen molar-refractivity contribution in [2.24, 2.45) is 0 Å². The fraction of sp³-hybridized carbons (Fsp3) is 0.364. The molecule has 0 radical (unpaired) electrons. The fourth-order valence-electron chi connectivity index (χ4n) is 3.82. The highest BCUT2D eigenvalue weighted by atomic mass is 16.3. The van der Waals surface area contributed by atoms with E-state index in [-0.39, 0.29) is 0 Å². The number of nitrogens with zero attached hydrogens (tertiary/aromatic N) is 1. The van der Waals surface area contributed by atoms with Crippen LogP contribution in [0.4, 0.5) is 0 Å². The molecule has 0 bridgehead atoms. The van der Waals surface area contributed by atoms with E-state index in [0.717, 1.165) is 37.8 Å². The fourth-order valence-corrected chi connectivity index (χ4v) is 3.82. The van der Waals surface area contributed by atoms with Gasteiger partial charge < -0.3 is 15.1 Å². The van der Waals surface area contributed by atoms with Crippen molar-refractivity contribution in [3.63, 3.8) is 0 Å². The Morgan fingerprint density at radius 1 is 1.00 bits per heavy atom. The number of rotatable bonds is 4. The zero-order chi connectivity index (χ0) is 17.8. The number of benzene rings is 2. The zero-order valence-electron chi connectivity index (χ0n) is 15.1. The summed E-state index contributed by atoms with van der Waals surface area (Å²) in [6, 6.07) is 15.3. The van der Waals surface area contributed by atoms with Gasteiger partial charge in [0.2, 0.25) is 0 Å². The van der Waals surface area contributed by atoms with Crippen molar-refractivity contribution >= 4 is 5.57 Å². The van der Waals surface area contributed by atoms with Crippen molar-refractivity contribution in [3.8, 4) is 11.5 Å². The van der Waals surface area contributed by atoms with E-state index in [1.807, 2.05) is 30.3 Å². The summed E-state index contributed by atoms with van der Waals surface area (Å²) in [5.74, 6) is 1.08. The van der Waals surface area contributed by atoms with Crippen LogP contribution in [-0.4, -0.2) is 35.8 Å². The Bertz CT molecular complexity index is 747. The Labute approximate surface area is 150 Å². The lowest BCUT2D eigenvalue weighted by molar-refractivity contribution is 0.438. The number of para-hydroxylation sites is 1. The van der Waals surface area contributed by atoms with Gasteiger partial charge in [0, 0.05) is 12.1 Å². The van der Waals surface area contributed by atoms with E-state index in [1.165, 1.54) is 16.7 Å². The predicted octanol–water partition coefficient (Wildman–Crippen LogP) is 4.77. The summed E-state index contributed by atoms with van der Waals surface area (Å²) in [7, 11) is 4.19. The molecule has 1 aliphatic rings. The standard InChI is InChI=1S/C22H27NO2/c1-23(2)15-18-7-5-6-17(16-10-12-19(24)13-11-16)14-21(18)20-8-3-4-9-22(20)25/h3-4,8-13,17,24-25H,5-7,14-15H2,1-2H3. The number of hydrogen-bond donors (Lipinski definition) is 2. The number of phenolic OH excluding ortho intramolecular Hbond substituents is 2. The Hall–Kier alpha value is -2.26. The first-order valence-corrected chi connectivity index (χ1v) is 8.97. The summed E-state index contributed by atoms with van der Waals surface area (Å²) in [5.41, 5.74) is 4.93. The number of likely N-dealkylation sites (N-methyl/N-ethyl adjacent to an activating group) is 1. The molecule has 0 fully saturated rings. The number of phenols is 2. The molecule has 0 spiro atoms. The van der Waals surface area contributed by atoms with E-state index in [1.54, 1.807) is 18.2 Å². The third kappa shape index (κ3) is 4.23. The topological polar surface area (TPSA) is 43.7 Å². The Morgan fingerprint density at radius 3 is 2.40 bits per heavy atom. The van der Waals surface area contributed by atoms with Gasteiger partial charge in [0.05, 0.1) is 0 Å². The highest BCUT2D eigenvalue weighted by molar-refractivity contribution is 5.74. The lowest BCUT2D eigenvalue weighted by atomic mass is 9.86. The van der Waals surface area contributed by atoms with Crippen molar-refractivity contribution in [1.29, 1.82) is 0 Å². The summed E-state index contributed by atoms with van der Waals surface area (Å²) < 4.78 is 0. The van der Waals surface area contributed by atoms with Crippen LogP contribution in [0, 0.1) is 0 Å². The molecule has 0 aromatic heterocycles. The van der Waals surface area contributed by atoms with Crippen molar-refractivity contribution in [2.75, 3.05) is 20.6 Å². The van der Waals surface area contributed by atoms with Crippen molar-refractivity contribution in [3.05, 3.63) is 65.2 Å². The van der Waals surface area contributed by atoms with E-state index in [0.29, 0.717) is 17.4 Å². The Balaban J connectivity index is 2.00. The molecule has 132 valence electrons. The quantitative estimate of drug-likeness (QED) is 0.844. The summed E-state index contributed by atoms with van der Waals surface area (Å²) in [6.45, 7) is 0.923. The molecular formula is C22H27NO2. The van der Waals surface area contributed by atoms with Gasteiger partial charge in [0.1, 0.15) is 11.5 Å². The van der Waals surface area contributed by atoms with E-state index in [4.69, 9.17) is 0 Å². The van der Waals surface area contributed by atoms with Crippen molar-refractivity contribution in [1.82, 2.24) is 4.90 Å². The molecule has 0 aliphatic heterocycles. The van der Waals surface area contributed by atoms with Crippen LogP contribution in [0.2, 0.25) is 0 Å².